The molecule has 0 radical (unpaired) electrons. The Labute approximate surface area is 149 Å². The number of allylic oxidation sites excluding steroid dienone is 1. The van der Waals surface area contributed by atoms with Crippen LogP contribution >= 0.6 is 12.2 Å². The normalized spacial score (nSPS) is 18.3. The standard InChI is InChI=1S/C19H26N2O2S/c1-11(2)13-7-9-14(10-8-13)16-15(12(3)20-18(24)21-16)17(22)23-19(4,5)6/h7-11,16H,1-6H3,(H2,20,21,24). The van der Waals surface area contributed by atoms with E-state index in [9.17, 15) is 4.79 Å². The molecule has 1 aliphatic heterocycles. The molecule has 0 saturated carbocycles. The van der Waals surface area contributed by atoms with Crippen LogP contribution in [-0.2, 0) is 9.53 Å². The van der Waals surface area contributed by atoms with E-state index in [1.165, 1.54) is 5.56 Å². The van der Waals surface area contributed by atoms with Gasteiger partial charge in [-0.25, -0.2) is 4.79 Å². The molecule has 130 valence electrons. The second kappa shape index (κ2) is 6.93. The van der Waals surface area contributed by atoms with Gasteiger partial charge in [-0.1, -0.05) is 38.1 Å². The second-order valence-corrected chi connectivity index (χ2v) is 7.80. The fraction of sp³-hybridized carbons (Fsp3) is 0.474. The Kier molecular flexibility index (Phi) is 5.33. The van der Waals surface area contributed by atoms with Crippen LogP contribution < -0.4 is 10.6 Å². The van der Waals surface area contributed by atoms with Crippen molar-refractivity contribution in [3.05, 3.63) is 46.7 Å². The van der Waals surface area contributed by atoms with Crippen molar-refractivity contribution in [1.29, 1.82) is 0 Å². The van der Waals surface area contributed by atoms with Gasteiger partial charge in [0.15, 0.2) is 5.11 Å². The Morgan fingerprint density at radius 2 is 1.79 bits per heavy atom. The molecule has 0 amide bonds. The largest absolute Gasteiger partial charge is 0.456 e. The zero-order valence-corrected chi connectivity index (χ0v) is 16.0. The van der Waals surface area contributed by atoms with Crippen LogP contribution in [0.25, 0.3) is 0 Å². The maximum Gasteiger partial charge on any atom is 0.338 e. The fourth-order valence-electron chi connectivity index (χ4n) is 2.62. The number of ether oxygens (including phenoxy) is 1. The summed E-state index contributed by atoms with van der Waals surface area (Å²) >= 11 is 5.27. The van der Waals surface area contributed by atoms with Gasteiger partial charge >= 0.3 is 5.97 Å². The van der Waals surface area contributed by atoms with Crippen molar-refractivity contribution < 1.29 is 9.53 Å². The molecule has 1 atom stereocenters. The van der Waals surface area contributed by atoms with Crippen LogP contribution in [0.2, 0.25) is 0 Å². The summed E-state index contributed by atoms with van der Waals surface area (Å²) in [7, 11) is 0. The number of benzene rings is 1. The first kappa shape index (κ1) is 18.5. The molecule has 0 bridgehead atoms. The van der Waals surface area contributed by atoms with E-state index in [4.69, 9.17) is 17.0 Å². The smallest absolute Gasteiger partial charge is 0.338 e. The Balaban J connectivity index is 2.39. The van der Waals surface area contributed by atoms with E-state index >= 15 is 0 Å². The topological polar surface area (TPSA) is 50.4 Å². The monoisotopic (exact) mass is 346 g/mol. The summed E-state index contributed by atoms with van der Waals surface area (Å²) in [6, 6.07) is 7.95. The molecule has 1 unspecified atom stereocenters. The highest BCUT2D eigenvalue weighted by Gasteiger charge is 2.32. The highest BCUT2D eigenvalue weighted by atomic mass is 32.1. The van der Waals surface area contributed by atoms with Crippen LogP contribution in [0.5, 0.6) is 0 Å². The van der Waals surface area contributed by atoms with E-state index in [2.05, 4.69) is 36.6 Å². The predicted molar refractivity (Wildman–Crippen MR) is 101 cm³/mol. The average molecular weight is 346 g/mol. The number of carbonyl (C=O) groups is 1. The van der Waals surface area contributed by atoms with E-state index in [-0.39, 0.29) is 12.0 Å². The van der Waals surface area contributed by atoms with Crippen molar-refractivity contribution in [2.75, 3.05) is 0 Å². The molecule has 1 heterocycles. The predicted octanol–water partition coefficient (Wildman–Crippen LogP) is 3.94. The van der Waals surface area contributed by atoms with Gasteiger partial charge in [0, 0.05) is 5.70 Å². The number of carbonyl (C=O) groups excluding carboxylic acids is 1. The first-order valence-electron chi connectivity index (χ1n) is 8.20. The van der Waals surface area contributed by atoms with E-state index in [1.807, 2.05) is 39.8 Å². The third-order valence-corrected chi connectivity index (χ3v) is 4.04. The van der Waals surface area contributed by atoms with E-state index in [1.54, 1.807) is 0 Å². The summed E-state index contributed by atoms with van der Waals surface area (Å²) in [5, 5.41) is 6.73. The number of thiocarbonyl (C=S) groups is 1. The van der Waals surface area contributed by atoms with Gasteiger partial charge in [0.1, 0.15) is 5.60 Å². The third kappa shape index (κ3) is 4.35. The minimum absolute atomic E-state index is 0.310. The lowest BCUT2D eigenvalue weighted by Crippen LogP contribution is -2.45. The Morgan fingerprint density at radius 3 is 2.29 bits per heavy atom. The Morgan fingerprint density at radius 1 is 1.21 bits per heavy atom. The lowest BCUT2D eigenvalue weighted by Gasteiger charge is -2.31. The maximum atomic E-state index is 12.7. The molecular formula is C19H26N2O2S. The highest BCUT2D eigenvalue weighted by molar-refractivity contribution is 7.80. The van der Waals surface area contributed by atoms with Gasteiger partial charge in [-0.3, -0.25) is 0 Å². The summed E-state index contributed by atoms with van der Waals surface area (Å²) in [6.07, 6.45) is 0. The summed E-state index contributed by atoms with van der Waals surface area (Å²) < 4.78 is 5.58. The van der Waals surface area contributed by atoms with Gasteiger partial charge in [-0.2, -0.15) is 0 Å². The van der Waals surface area contributed by atoms with Crippen LogP contribution in [0, 0.1) is 0 Å². The van der Waals surface area contributed by atoms with Crippen molar-refractivity contribution in [1.82, 2.24) is 10.6 Å². The summed E-state index contributed by atoms with van der Waals surface area (Å²) in [5.74, 6) is 0.129. The number of hydrogen-bond donors (Lipinski definition) is 2. The highest BCUT2D eigenvalue weighted by Crippen LogP contribution is 2.29. The van der Waals surface area contributed by atoms with Crippen LogP contribution in [-0.4, -0.2) is 16.7 Å². The molecule has 0 aromatic heterocycles. The Hall–Kier alpha value is -1.88. The molecule has 24 heavy (non-hydrogen) atoms. The SMILES string of the molecule is CC1=C(C(=O)OC(C)(C)C)C(c2ccc(C(C)C)cc2)NC(=S)N1. The Bertz CT molecular complexity index is 670. The van der Waals surface area contributed by atoms with E-state index in [0.717, 1.165) is 11.3 Å². The van der Waals surface area contributed by atoms with Gasteiger partial charge in [-0.05, 0) is 57.0 Å². The molecule has 2 rings (SSSR count). The van der Waals surface area contributed by atoms with Crippen LogP contribution in [0.15, 0.2) is 35.5 Å². The second-order valence-electron chi connectivity index (χ2n) is 7.39. The first-order chi connectivity index (χ1) is 11.1. The molecule has 0 fully saturated rings. The summed E-state index contributed by atoms with van der Waals surface area (Å²) in [4.78, 5) is 12.7. The molecule has 5 heteroatoms. The lowest BCUT2D eigenvalue weighted by atomic mass is 9.93. The number of hydrogen-bond acceptors (Lipinski definition) is 3. The fourth-order valence-corrected chi connectivity index (χ4v) is 2.89. The zero-order valence-electron chi connectivity index (χ0n) is 15.2. The van der Waals surface area contributed by atoms with Crippen LogP contribution in [0.4, 0.5) is 0 Å². The van der Waals surface area contributed by atoms with Gasteiger partial charge in [0.25, 0.3) is 0 Å². The quantitative estimate of drug-likeness (QED) is 0.641. The van der Waals surface area contributed by atoms with Gasteiger partial charge in [-0.15, -0.1) is 0 Å². The van der Waals surface area contributed by atoms with Gasteiger partial charge in [0.2, 0.25) is 0 Å². The molecule has 0 aliphatic carbocycles. The molecule has 1 aromatic rings. The molecule has 4 nitrogen and oxygen atoms in total. The maximum absolute atomic E-state index is 12.7. The van der Waals surface area contributed by atoms with Crippen molar-refractivity contribution >= 4 is 23.3 Å². The molecule has 1 aliphatic rings. The first-order valence-corrected chi connectivity index (χ1v) is 8.61. The van der Waals surface area contributed by atoms with E-state index in [0.29, 0.717) is 16.6 Å². The third-order valence-electron chi connectivity index (χ3n) is 3.82. The minimum atomic E-state index is -0.547. The van der Waals surface area contributed by atoms with Crippen molar-refractivity contribution in [3.63, 3.8) is 0 Å². The van der Waals surface area contributed by atoms with Crippen LogP contribution in [0.3, 0.4) is 0 Å². The lowest BCUT2D eigenvalue weighted by molar-refractivity contribution is -0.150. The van der Waals surface area contributed by atoms with Crippen molar-refractivity contribution in [3.8, 4) is 0 Å². The average Bonchev–Trinajstić information content (AvgIpc) is 2.44. The molecule has 2 N–H and O–H groups in total. The number of nitrogens with one attached hydrogen (secondary N) is 2. The molecule has 0 spiro atoms. The molecular weight excluding hydrogens is 320 g/mol. The minimum Gasteiger partial charge on any atom is -0.456 e. The summed E-state index contributed by atoms with van der Waals surface area (Å²) in [6.45, 7) is 11.7. The van der Waals surface area contributed by atoms with Crippen LogP contribution in [0.1, 0.15) is 64.6 Å². The molecule has 1 aromatic carbocycles. The number of rotatable bonds is 3. The van der Waals surface area contributed by atoms with Gasteiger partial charge in [0.05, 0.1) is 11.6 Å². The summed E-state index contributed by atoms with van der Waals surface area (Å²) in [5.41, 5.74) is 2.99. The number of esters is 1. The van der Waals surface area contributed by atoms with Crippen molar-refractivity contribution in [2.45, 2.75) is 59.1 Å². The van der Waals surface area contributed by atoms with E-state index < -0.39 is 5.60 Å². The van der Waals surface area contributed by atoms with Crippen molar-refractivity contribution in [2.24, 2.45) is 0 Å². The zero-order chi connectivity index (χ0) is 18.1. The molecule has 0 saturated heterocycles. The van der Waals surface area contributed by atoms with Gasteiger partial charge < -0.3 is 15.4 Å².